The Hall–Kier alpha value is -2.50. The Morgan fingerprint density at radius 3 is 2.63 bits per heavy atom. The molecule has 146 valence electrons. The molecule has 27 heavy (non-hydrogen) atoms. The molecule has 1 fully saturated rings. The Labute approximate surface area is 159 Å². The van der Waals surface area contributed by atoms with Gasteiger partial charge in [0.1, 0.15) is 17.3 Å². The fourth-order valence-corrected chi connectivity index (χ4v) is 3.64. The molecule has 0 radical (unpaired) electrons. The molecule has 1 N–H and O–H groups in total. The molecule has 2 amide bonds. The van der Waals surface area contributed by atoms with Crippen LogP contribution in [0.5, 0.6) is 0 Å². The molecule has 0 saturated heterocycles. The van der Waals surface area contributed by atoms with Crippen molar-refractivity contribution in [2.45, 2.75) is 65.0 Å². The lowest BCUT2D eigenvalue weighted by atomic mass is 9.95. The van der Waals surface area contributed by atoms with Crippen molar-refractivity contribution in [3.63, 3.8) is 0 Å². The van der Waals surface area contributed by atoms with E-state index in [4.69, 9.17) is 8.83 Å². The normalized spacial score (nSPS) is 14.9. The molecule has 1 aliphatic carbocycles. The molecule has 6 nitrogen and oxygen atoms in total. The Bertz CT molecular complexity index is 757. The van der Waals surface area contributed by atoms with E-state index >= 15 is 0 Å². The van der Waals surface area contributed by atoms with Gasteiger partial charge in [-0.1, -0.05) is 19.3 Å². The van der Waals surface area contributed by atoms with Gasteiger partial charge in [-0.2, -0.15) is 0 Å². The minimum atomic E-state index is -0.147. The average molecular weight is 372 g/mol. The van der Waals surface area contributed by atoms with E-state index in [2.05, 4.69) is 5.32 Å². The van der Waals surface area contributed by atoms with Gasteiger partial charge in [0.15, 0.2) is 0 Å². The molecule has 0 aliphatic heterocycles. The number of amides is 2. The SMILES string of the molecule is Cc1cc(C(=O)N(CCC(=O)NC2CCCCC2)Cc2ccco2)c(C)o1. The summed E-state index contributed by atoms with van der Waals surface area (Å²) in [5, 5.41) is 3.11. The first-order valence-corrected chi connectivity index (χ1v) is 9.71. The maximum Gasteiger partial charge on any atom is 0.257 e. The van der Waals surface area contributed by atoms with Crippen LogP contribution >= 0.6 is 0 Å². The van der Waals surface area contributed by atoms with Gasteiger partial charge >= 0.3 is 0 Å². The summed E-state index contributed by atoms with van der Waals surface area (Å²) in [4.78, 5) is 27.0. The summed E-state index contributed by atoms with van der Waals surface area (Å²) < 4.78 is 10.9. The zero-order chi connectivity index (χ0) is 19.2. The molecule has 0 unspecified atom stereocenters. The topological polar surface area (TPSA) is 75.7 Å². The van der Waals surface area contributed by atoms with Gasteiger partial charge in [0.05, 0.1) is 18.4 Å². The van der Waals surface area contributed by atoms with Gasteiger partial charge in [-0.25, -0.2) is 0 Å². The van der Waals surface area contributed by atoms with E-state index in [1.165, 1.54) is 19.3 Å². The summed E-state index contributed by atoms with van der Waals surface area (Å²) in [5.74, 6) is 1.83. The standard InChI is InChI=1S/C21H28N2O4/c1-15-13-19(16(2)27-15)21(25)23(14-18-9-6-12-26-18)11-10-20(24)22-17-7-4-3-5-8-17/h6,9,12-13,17H,3-5,7-8,10-11,14H2,1-2H3,(H,22,24). The summed E-state index contributed by atoms with van der Waals surface area (Å²) in [6, 6.07) is 5.64. The van der Waals surface area contributed by atoms with E-state index in [1.54, 1.807) is 30.2 Å². The van der Waals surface area contributed by atoms with Crippen LogP contribution in [0, 0.1) is 13.8 Å². The van der Waals surface area contributed by atoms with Crippen molar-refractivity contribution in [1.29, 1.82) is 0 Å². The molecule has 0 aromatic carbocycles. The third kappa shape index (κ3) is 5.25. The predicted octanol–water partition coefficient (Wildman–Crippen LogP) is 3.97. The number of hydrogen-bond acceptors (Lipinski definition) is 4. The minimum absolute atomic E-state index is 0.000703. The lowest BCUT2D eigenvalue weighted by Crippen LogP contribution is -2.39. The van der Waals surface area contributed by atoms with E-state index < -0.39 is 0 Å². The first kappa shape index (κ1) is 19.3. The van der Waals surface area contributed by atoms with E-state index in [0.717, 1.165) is 12.8 Å². The number of rotatable bonds is 7. The largest absolute Gasteiger partial charge is 0.467 e. The number of nitrogens with zero attached hydrogens (tertiary/aromatic N) is 1. The third-order valence-corrected chi connectivity index (χ3v) is 5.06. The average Bonchev–Trinajstić information content (AvgIpc) is 3.28. The minimum Gasteiger partial charge on any atom is -0.467 e. The van der Waals surface area contributed by atoms with E-state index in [9.17, 15) is 9.59 Å². The summed E-state index contributed by atoms with van der Waals surface area (Å²) in [5.41, 5.74) is 0.534. The van der Waals surface area contributed by atoms with Crippen molar-refractivity contribution in [3.05, 3.63) is 47.3 Å². The van der Waals surface area contributed by atoms with Crippen LogP contribution < -0.4 is 5.32 Å². The molecule has 2 heterocycles. The van der Waals surface area contributed by atoms with Crippen molar-refractivity contribution in [1.82, 2.24) is 10.2 Å². The summed E-state index contributed by atoms with van der Waals surface area (Å²) in [6.07, 6.45) is 7.56. The van der Waals surface area contributed by atoms with E-state index in [1.807, 2.05) is 13.0 Å². The Morgan fingerprint density at radius 1 is 1.22 bits per heavy atom. The van der Waals surface area contributed by atoms with E-state index in [-0.39, 0.29) is 24.3 Å². The van der Waals surface area contributed by atoms with Crippen LogP contribution in [0.1, 0.15) is 66.2 Å². The molecule has 1 saturated carbocycles. The highest BCUT2D eigenvalue weighted by Crippen LogP contribution is 2.19. The van der Waals surface area contributed by atoms with Gasteiger partial charge in [-0.3, -0.25) is 9.59 Å². The number of aryl methyl sites for hydroxylation is 2. The molecule has 3 rings (SSSR count). The highest BCUT2D eigenvalue weighted by atomic mass is 16.3. The summed E-state index contributed by atoms with van der Waals surface area (Å²) >= 11 is 0. The van der Waals surface area contributed by atoms with Gasteiger partial charge in [-0.15, -0.1) is 0 Å². The van der Waals surface area contributed by atoms with Crippen LogP contribution in [-0.4, -0.2) is 29.3 Å². The van der Waals surface area contributed by atoms with Crippen molar-refractivity contribution in [3.8, 4) is 0 Å². The fourth-order valence-electron chi connectivity index (χ4n) is 3.64. The smallest absolute Gasteiger partial charge is 0.257 e. The number of nitrogens with one attached hydrogen (secondary N) is 1. The predicted molar refractivity (Wildman–Crippen MR) is 101 cm³/mol. The highest BCUT2D eigenvalue weighted by molar-refractivity contribution is 5.95. The zero-order valence-electron chi connectivity index (χ0n) is 16.1. The Morgan fingerprint density at radius 2 is 2.00 bits per heavy atom. The van der Waals surface area contributed by atoms with Gasteiger partial charge in [0, 0.05) is 19.0 Å². The van der Waals surface area contributed by atoms with Crippen LogP contribution in [0.15, 0.2) is 33.3 Å². The molecule has 6 heteroatoms. The van der Waals surface area contributed by atoms with Crippen LogP contribution in [-0.2, 0) is 11.3 Å². The number of hydrogen-bond donors (Lipinski definition) is 1. The Balaban J connectivity index is 1.63. The van der Waals surface area contributed by atoms with Crippen molar-refractivity contribution >= 4 is 11.8 Å². The van der Waals surface area contributed by atoms with Crippen LogP contribution in [0.4, 0.5) is 0 Å². The van der Waals surface area contributed by atoms with Crippen molar-refractivity contribution < 1.29 is 18.4 Å². The highest BCUT2D eigenvalue weighted by Gasteiger charge is 2.23. The van der Waals surface area contributed by atoms with Gasteiger partial charge < -0.3 is 19.1 Å². The number of carbonyl (C=O) groups is 2. The van der Waals surface area contributed by atoms with Crippen LogP contribution in [0.2, 0.25) is 0 Å². The number of carbonyl (C=O) groups excluding carboxylic acids is 2. The second-order valence-corrected chi connectivity index (χ2v) is 7.29. The molecule has 2 aromatic rings. The summed E-state index contributed by atoms with van der Waals surface area (Å²) in [7, 11) is 0. The van der Waals surface area contributed by atoms with Gasteiger partial charge in [0.2, 0.25) is 5.91 Å². The summed E-state index contributed by atoms with van der Waals surface area (Å²) in [6.45, 7) is 4.26. The third-order valence-electron chi connectivity index (χ3n) is 5.06. The molecule has 0 atom stereocenters. The molecule has 0 bridgehead atoms. The molecular formula is C21H28N2O4. The molecule has 2 aromatic heterocycles. The van der Waals surface area contributed by atoms with Gasteiger partial charge in [-0.05, 0) is 44.9 Å². The molecule has 1 aliphatic rings. The lowest BCUT2D eigenvalue weighted by Gasteiger charge is -2.24. The van der Waals surface area contributed by atoms with Crippen molar-refractivity contribution in [2.75, 3.05) is 6.54 Å². The van der Waals surface area contributed by atoms with Gasteiger partial charge in [0.25, 0.3) is 5.91 Å². The maximum atomic E-state index is 13.0. The van der Waals surface area contributed by atoms with Crippen LogP contribution in [0.25, 0.3) is 0 Å². The second kappa shape index (κ2) is 8.93. The van der Waals surface area contributed by atoms with Crippen LogP contribution in [0.3, 0.4) is 0 Å². The molecule has 0 spiro atoms. The number of furan rings is 2. The first-order valence-electron chi connectivity index (χ1n) is 9.71. The zero-order valence-corrected chi connectivity index (χ0v) is 16.1. The van der Waals surface area contributed by atoms with Crippen molar-refractivity contribution in [2.24, 2.45) is 0 Å². The maximum absolute atomic E-state index is 13.0. The fraction of sp³-hybridized carbons (Fsp3) is 0.524. The first-order chi connectivity index (χ1) is 13.0. The lowest BCUT2D eigenvalue weighted by molar-refractivity contribution is -0.122. The quantitative estimate of drug-likeness (QED) is 0.798. The van der Waals surface area contributed by atoms with E-state index in [0.29, 0.717) is 35.9 Å². The Kier molecular flexibility index (Phi) is 6.37. The second-order valence-electron chi connectivity index (χ2n) is 7.29. The monoisotopic (exact) mass is 372 g/mol. The molecular weight excluding hydrogens is 344 g/mol.